The van der Waals surface area contributed by atoms with E-state index in [4.69, 9.17) is 5.84 Å². The molecule has 0 aliphatic carbocycles. The summed E-state index contributed by atoms with van der Waals surface area (Å²) in [5.41, 5.74) is 2.92. The molecule has 0 bridgehead atoms. The molecule has 1 rings (SSSR count). The normalized spacial score (nSPS) is 30.8. The monoisotopic (exact) mass is 398 g/mol. The number of nitrogens with zero attached hydrogens (tertiary/aromatic N) is 2. The van der Waals surface area contributed by atoms with E-state index in [1.807, 2.05) is 0 Å². The Bertz CT molecular complexity index is 146. The first-order valence-electron chi connectivity index (χ1n) is 3.95. The maximum atomic E-state index is 5.45. The molecule has 12 heavy (non-hydrogen) atoms. The van der Waals surface area contributed by atoms with E-state index < -0.39 is 0 Å². The van der Waals surface area contributed by atoms with Crippen LogP contribution in [0.2, 0.25) is 0 Å². The van der Waals surface area contributed by atoms with Crippen LogP contribution in [0, 0.1) is 0 Å². The van der Waals surface area contributed by atoms with Gasteiger partial charge in [-0.2, -0.15) is 0 Å². The quantitative estimate of drug-likeness (QED) is 0.124. The summed E-state index contributed by atoms with van der Waals surface area (Å²) >= 11 is 0.201. The SMILES string of the molecule is CC[C@@H](C)N1[I-][C@H](NN)[I-]N1C. The number of rotatable bonds is 3. The number of hydrogen-bond donors (Lipinski definition) is 2. The summed E-state index contributed by atoms with van der Waals surface area (Å²) in [5, 5.41) is 0. The van der Waals surface area contributed by atoms with Gasteiger partial charge in [-0.3, -0.25) is 0 Å². The molecule has 3 N–H and O–H groups in total. The molecule has 76 valence electrons. The topological polar surface area (TPSA) is 44.5 Å². The summed E-state index contributed by atoms with van der Waals surface area (Å²) in [4.78, 5) is 0. The molecule has 0 saturated carbocycles. The van der Waals surface area contributed by atoms with E-state index in [1.54, 1.807) is 0 Å². The van der Waals surface area contributed by atoms with Crippen molar-refractivity contribution in [3.8, 4) is 0 Å². The van der Waals surface area contributed by atoms with E-state index in [-0.39, 0.29) is 43.0 Å². The molecule has 4 nitrogen and oxygen atoms in total. The van der Waals surface area contributed by atoms with Crippen molar-refractivity contribution in [2.24, 2.45) is 5.84 Å². The van der Waals surface area contributed by atoms with Gasteiger partial charge in [-0.15, -0.1) is 0 Å². The maximum absolute atomic E-state index is 5.45. The zero-order chi connectivity index (χ0) is 9.14. The minimum absolute atomic E-state index is 0.0955. The van der Waals surface area contributed by atoms with E-state index in [9.17, 15) is 0 Å². The van der Waals surface area contributed by atoms with Gasteiger partial charge in [0.15, 0.2) is 0 Å². The molecule has 1 saturated heterocycles. The zero-order valence-corrected chi connectivity index (χ0v) is 11.9. The summed E-state index contributed by atoms with van der Waals surface area (Å²) < 4.78 is 5.57. The summed E-state index contributed by atoms with van der Waals surface area (Å²) in [7, 11) is 2.19. The molecule has 0 aromatic carbocycles. The Hall–Kier alpha value is 1.30. The molecule has 0 aromatic heterocycles. The summed E-state index contributed by atoms with van der Waals surface area (Å²) in [6, 6.07) is 0.695. The first kappa shape index (κ1) is 11.4. The number of hydrogen-bond acceptors (Lipinski definition) is 4. The molecule has 1 heterocycles. The Morgan fingerprint density at radius 3 is 2.67 bits per heavy atom. The Labute approximate surface area is 95.4 Å². The van der Waals surface area contributed by atoms with Crippen LogP contribution in [-0.4, -0.2) is 21.6 Å². The summed E-state index contributed by atoms with van der Waals surface area (Å²) in [5.74, 6) is 5.45. The third-order valence-corrected chi connectivity index (χ3v) is 10.5. The molecule has 6 heteroatoms. The van der Waals surface area contributed by atoms with Crippen LogP contribution < -0.4 is 54.2 Å². The molecule has 0 unspecified atom stereocenters. The fraction of sp³-hybridized carbons (Fsp3) is 1.00. The molecule has 0 radical (unpaired) electrons. The molecule has 0 amide bonds. The van der Waals surface area contributed by atoms with Gasteiger partial charge < -0.3 is 0 Å². The average Bonchev–Trinajstić information content (AvgIpc) is 2.45. The van der Waals surface area contributed by atoms with Gasteiger partial charge in [-0.1, -0.05) is 0 Å². The fourth-order valence-corrected chi connectivity index (χ4v) is 9.87. The van der Waals surface area contributed by atoms with Gasteiger partial charge in [-0.05, 0) is 0 Å². The van der Waals surface area contributed by atoms with E-state index in [0.717, 1.165) is 0 Å². The predicted molar refractivity (Wildman–Crippen MR) is 40.5 cm³/mol. The van der Waals surface area contributed by atoms with Crippen LogP contribution in [0.3, 0.4) is 0 Å². The van der Waals surface area contributed by atoms with Gasteiger partial charge >= 0.3 is 96.1 Å². The average molecular weight is 398 g/mol. The molecule has 0 aromatic rings. The van der Waals surface area contributed by atoms with Crippen molar-refractivity contribution in [3.63, 3.8) is 0 Å². The second-order valence-corrected chi connectivity index (χ2v) is 11.0. The van der Waals surface area contributed by atoms with E-state index in [1.165, 1.54) is 6.42 Å². The van der Waals surface area contributed by atoms with Crippen molar-refractivity contribution < 1.29 is 43.0 Å². The van der Waals surface area contributed by atoms with E-state index in [2.05, 4.69) is 32.8 Å². The van der Waals surface area contributed by atoms with Gasteiger partial charge in [0.2, 0.25) is 0 Å². The Kier molecular flexibility index (Phi) is 4.97. The number of alkyl halides is 2. The van der Waals surface area contributed by atoms with Gasteiger partial charge in [0, 0.05) is 0 Å². The van der Waals surface area contributed by atoms with Gasteiger partial charge in [0.05, 0.1) is 0 Å². The van der Waals surface area contributed by atoms with Crippen molar-refractivity contribution in [3.05, 3.63) is 0 Å². The molecule has 0 spiro atoms. The van der Waals surface area contributed by atoms with Crippen LogP contribution in [-0.2, 0) is 0 Å². The standard InChI is InChI=1S/C6H16I2N4/c1-4-5(2)12-8-6(10-9)7-11(12)3/h5-6,10H,4,9H2,1-3H3/q-2/t5-,6-/m1/s1. The molecule has 1 fully saturated rings. The van der Waals surface area contributed by atoms with Crippen LogP contribution in [0.4, 0.5) is 0 Å². The summed E-state index contributed by atoms with van der Waals surface area (Å²) in [6.07, 6.45) is 1.23. The van der Waals surface area contributed by atoms with Gasteiger partial charge in [0.25, 0.3) is 0 Å². The van der Waals surface area contributed by atoms with Crippen molar-refractivity contribution in [2.45, 2.75) is 28.4 Å². The van der Waals surface area contributed by atoms with Crippen molar-refractivity contribution in [1.29, 1.82) is 0 Å². The van der Waals surface area contributed by atoms with Crippen LogP contribution in [0.5, 0.6) is 0 Å². The molecule has 1 aliphatic heterocycles. The first-order chi connectivity index (χ1) is 5.69. The predicted octanol–water partition coefficient (Wildman–Crippen LogP) is -6.30. The number of hydrazine groups is 2. The second-order valence-electron chi connectivity index (χ2n) is 2.65. The zero-order valence-electron chi connectivity index (χ0n) is 7.59. The number of nitrogens with two attached hydrogens (primary N) is 1. The Morgan fingerprint density at radius 1 is 1.58 bits per heavy atom. The Balaban J connectivity index is 2.45. The molecular weight excluding hydrogens is 382 g/mol. The van der Waals surface area contributed by atoms with E-state index >= 15 is 0 Å². The first-order valence-corrected chi connectivity index (χ1v) is 8.37. The Morgan fingerprint density at radius 2 is 2.25 bits per heavy atom. The van der Waals surface area contributed by atoms with Gasteiger partial charge in [0.1, 0.15) is 0 Å². The molecular formula is C6H16I2N4-2. The summed E-state index contributed by atoms with van der Waals surface area (Å²) in [6.45, 7) is 4.53. The van der Waals surface area contributed by atoms with Crippen molar-refractivity contribution in [1.82, 2.24) is 11.9 Å². The van der Waals surface area contributed by atoms with Gasteiger partial charge in [-0.25, -0.2) is 0 Å². The van der Waals surface area contributed by atoms with Crippen LogP contribution in [0.25, 0.3) is 0 Å². The number of nitrogens with one attached hydrogen (secondary N) is 1. The van der Waals surface area contributed by atoms with Crippen LogP contribution in [0.15, 0.2) is 0 Å². The minimum atomic E-state index is 0.0955. The third kappa shape index (κ3) is 2.64. The molecule has 1 aliphatic rings. The van der Waals surface area contributed by atoms with Crippen molar-refractivity contribution >= 4 is 0 Å². The van der Waals surface area contributed by atoms with Crippen molar-refractivity contribution in [2.75, 3.05) is 7.05 Å². The van der Waals surface area contributed by atoms with E-state index in [0.29, 0.717) is 8.10 Å². The van der Waals surface area contributed by atoms with Crippen LogP contribution in [0.1, 0.15) is 20.3 Å². The number of halogens is 2. The molecule has 2 atom stereocenters. The fourth-order valence-electron chi connectivity index (χ4n) is 0.905. The third-order valence-electron chi connectivity index (χ3n) is 1.76. The van der Waals surface area contributed by atoms with Crippen LogP contribution >= 0.6 is 0 Å². The second kappa shape index (κ2) is 5.25.